The Morgan fingerprint density at radius 2 is 1.82 bits per heavy atom. The van der Waals surface area contributed by atoms with E-state index in [2.05, 4.69) is 13.8 Å². The number of aliphatic hydroxyl groups is 1. The number of ether oxygens (including phenoxy) is 1. The lowest BCUT2D eigenvalue weighted by molar-refractivity contribution is -0.143. The number of carbonyl (C=O) groups excluding carboxylic acids is 3. The largest absolute Gasteiger partial charge is 0.497 e. The third kappa shape index (κ3) is 5.40. The average molecular weight is 459 g/mol. The minimum Gasteiger partial charge on any atom is -0.497 e. The van der Waals surface area contributed by atoms with Crippen LogP contribution in [0, 0.1) is 11.8 Å². The molecule has 3 rings (SSSR count). The van der Waals surface area contributed by atoms with Crippen molar-refractivity contribution < 1.29 is 24.2 Å². The number of nitrogens with zero attached hydrogens (tertiary/aromatic N) is 2. The summed E-state index contributed by atoms with van der Waals surface area (Å²) in [4.78, 5) is 43.1. The van der Waals surface area contributed by atoms with Gasteiger partial charge in [-0.25, -0.2) is 0 Å². The van der Waals surface area contributed by atoms with Gasteiger partial charge in [-0.2, -0.15) is 0 Å². The molecule has 0 unspecified atom stereocenters. The molecule has 2 saturated heterocycles. The third-order valence-electron chi connectivity index (χ3n) is 7.29. The number of hydrogen-bond acceptors (Lipinski definition) is 5. The number of piperidine rings is 1. The van der Waals surface area contributed by atoms with Crippen molar-refractivity contribution in [2.75, 3.05) is 26.7 Å². The van der Waals surface area contributed by atoms with Gasteiger partial charge >= 0.3 is 0 Å². The highest BCUT2D eigenvalue weighted by Crippen LogP contribution is 2.41. The Morgan fingerprint density at radius 1 is 1.18 bits per heavy atom. The molecule has 0 aliphatic carbocycles. The van der Waals surface area contributed by atoms with Crippen molar-refractivity contribution in [3.63, 3.8) is 0 Å². The average Bonchev–Trinajstić information content (AvgIpc) is 3.06. The zero-order chi connectivity index (χ0) is 24.2. The van der Waals surface area contributed by atoms with E-state index in [1.807, 2.05) is 6.92 Å². The number of methoxy groups -OCH3 is 1. The van der Waals surface area contributed by atoms with E-state index in [0.29, 0.717) is 43.3 Å². The Hall–Kier alpha value is -2.41. The van der Waals surface area contributed by atoms with Crippen molar-refractivity contribution in [3.05, 3.63) is 29.8 Å². The maximum Gasteiger partial charge on any atom is 0.240 e. The molecule has 2 fully saturated rings. The van der Waals surface area contributed by atoms with Crippen LogP contribution in [0.5, 0.6) is 5.75 Å². The molecule has 2 aliphatic rings. The lowest BCUT2D eigenvalue weighted by atomic mass is 9.75. The third-order valence-corrected chi connectivity index (χ3v) is 7.29. The number of imide groups is 1. The Morgan fingerprint density at radius 3 is 2.36 bits per heavy atom. The first kappa shape index (κ1) is 25.2. The van der Waals surface area contributed by atoms with Gasteiger partial charge in [0.05, 0.1) is 18.6 Å². The van der Waals surface area contributed by atoms with E-state index in [0.717, 1.165) is 19.3 Å². The van der Waals surface area contributed by atoms with Crippen molar-refractivity contribution >= 4 is 17.7 Å². The Bertz CT molecular complexity index is 845. The van der Waals surface area contributed by atoms with Gasteiger partial charge in [0.2, 0.25) is 17.7 Å². The molecule has 0 saturated carbocycles. The molecule has 0 bridgehead atoms. The second kappa shape index (κ2) is 10.7. The lowest BCUT2D eigenvalue weighted by Crippen LogP contribution is -2.46. The molecule has 0 aromatic heterocycles. The van der Waals surface area contributed by atoms with Crippen LogP contribution in [-0.4, -0.2) is 65.5 Å². The fourth-order valence-electron chi connectivity index (χ4n) is 5.03. The van der Waals surface area contributed by atoms with Crippen molar-refractivity contribution in [2.24, 2.45) is 11.8 Å². The fraction of sp³-hybridized carbons (Fsp3) is 0.654. The molecule has 33 heavy (non-hydrogen) atoms. The van der Waals surface area contributed by atoms with Gasteiger partial charge in [0.25, 0.3) is 0 Å². The van der Waals surface area contributed by atoms with Crippen molar-refractivity contribution in [2.45, 2.75) is 70.8 Å². The molecule has 7 nitrogen and oxygen atoms in total. The summed E-state index contributed by atoms with van der Waals surface area (Å²) in [5.41, 5.74) is -0.504. The SMILES string of the molecule is CC[C@@H](O)C1CCN(C(=O)C[C@]2(c3ccc(OC)cc3)CC(=O)N(CCC(C)C)C2=O)CC1. The smallest absolute Gasteiger partial charge is 0.240 e. The van der Waals surface area contributed by atoms with Crippen molar-refractivity contribution in [1.29, 1.82) is 0 Å². The molecule has 2 heterocycles. The summed E-state index contributed by atoms with van der Waals surface area (Å²) in [6.45, 7) is 7.60. The van der Waals surface area contributed by atoms with E-state index in [1.54, 1.807) is 36.3 Å². The van der Waals surface area contributed by atoms with Gasteiger partial charge in [-0.15, -0.1) is 0 Å². The Balaban J connectivity index is 1.83. The second-order valence-corrected chi connectivity index (χ2v) is 9.89. The number of amides is 3. The monoisotopic (exact) mass is 458 g/mol. The predicted octanol–water partition coefficient (Wildman–Crippen LogP) is 3.14. The zero-order valence-electron chi connectivity index (χ0n) is 20.4. The van der Waals surface area contributed by atoms with Crippen LogP contribution in [0.15, 0.2) is 24.3 Å². The van der Waals surface area contributed by atoms with E-state index in [1.165, 1.54) is 4.90 Å². The number of carbonyl (C=O) groups is 3. The number of hydrogen-bond donors (Lipinski definition) is 1. The summed E-state index contributed by atoms with van der Waals surface area (Å²) < 4.78 is 5.26. The van der Waals surface area contributed by atoms with Crippen molar-refractivity contribution in [3.8, 4) is 5.75 Å². The van der Waals surface area contributed by atoms with Crippen LogP contribution in [0.2, 0.25) is 0 Å². The van der Waals surface area contributed by atoms with Gasteiger partial charge < -0.3 is 14.7 Å². The maximum atomic E-state index is 13.7. The molecule has 1 aromatic rings. The molecule has 0 spiro atoms. The highest BCUT2D eigenvalue weighted by molar-refractivity contribution is 6.10. The van der Waals surface area contributed by atoms with E-state index >= 15 is 0 Å². The zero-order valence-corrected chi connectivity index (χ0v) is 20.4. The van der Waals surface area contributed by atoms with Gasteiger partial charge in [0.15, 0.2) is 0 Å². The summed E-state index contributed by atoms with van der Waals surface area (Å²) in [7, 11) is 1.57. The standard InChI is InChI=1S/C26H38N2O5/c1-5-22(29)19-11-13-27(14-12-19)23(30)16-26(20-6-8-21(33-4)9-7-20)17-24(31)28(25(26)32)15-10-18(2)3/h6-9,18-19,22,29H,5,10-17H2,1-4H3/t22-,26-/m1/s1. The Kier molecular flexibility index (Phi) is 8.16. The first-order valence-electron chi connectivity index (χ1n) is 12.2. The van der Waals surface area contributed by atoms with E-state index in [-0.39, 0.29) is 42.6 Å². The number of likely N-dealkylation sites (tertiary alicyclic amines) is 2. The van der Waals surface area contributed by atoms with Crippen LogP contribution >= 0.6 is 0 Å². The molecule has 0 radical (unpaired) electrons. The van der Waals surface area contributed by atoms with E-state index < -0.39 is 5.41 Å². The molecule has 182 valence electrons. The second-order valence-electron chi connectivity index (χ2n) is 9.89. The van der Waals surface area contributed by atoms with Crippen LogP contribution in [0.1, 0.15) is 64.9 Å². The highest BCUT2D eigenvalue weighted by atomic mass is 16.5. The summed E-state index contributed by atoms with van der Waals surface area (Å²) in [6.07, 6.45) is 2.60. The number of benzene rings is 1. The van der Waals surface area contributed by atoms with Crippen LogP contribution in [0.3, 0.4) is 0 Å². The van der Waals surface area contributed by atoms with Crippen molar-refractivity contribution in [1.82, 2.24) is 9.80 Å². The predicted molar refractivity (Wildman–Crippen MR) is 126 cm³/mol. The first-order valence-corrected chi connectivity index (χ1v) is 12.2. The summed E-state index contributed by atoms with van der Waals surface area (Å²) in [5.74, 6) is 0.628. The van der Waals surface area contributed by atoms with E-state index in [4.69, 9.17) is 4.74 Å². The van der Waals surface area contributed by atoms with Gasteiger partial charge in [-0.1, -0.05) is 32.9 Å². The summed E-state index contributed by atoms with van der Waals surface area (Å²) in [6, 6.07) is 7.14. The molecule has 7 heteroatoms. The maximum absolute atomic E-state index is 13.7. The number of rotatable bonds is 9. The van der Waals surface area contributed by atoms with Crippen LogP contribution in [0.25, 0.3) is 0 Å². The van der Waals surface area contributed by atoms with Gasteiger partial charge in [0.1, 0.15) is 5.75 Å². The number of aliphatic hydroxyl groups excluding tert-OH is 1. The minimum atomic E-state index is -1.18. The lowest BCUT2D eigenvalue weighted by Gasteiger charge is -2.36. The van der Waals surface area contributed by atoms with Gasteiger partial charge in [-0.05, 0) is 55.2 Å². The summed E-state index contributed by atoms with van der Waals surface area (Å²) in [5, 5.41) is 10.2. The molecule has 2 aliphatic heterocycles. The van der Waals surface area contributed by atoms with Crippen LogP contribution in [-0.2, 0) is 19.8 Å². The molecular weight excluding hydrogens is 420 g/mol. The Labute approximate surface area is 197 Å². The first-order chi connectivity index (χ1) is 15.7. The molecular formula is C26H38N2O5. The fourth-order valence-corrected chi connectivity index (χ4v) is 5.03. The van der Waals surface area contributed by atoms with Crippen LogP contribution in [0.4, 0.5) is 0 Å². The summed E-state index contributed by atoms with van der Waals surface area (Å²) >= 11 is 0. The van der Waals surface area contributed by atoms with Gasteiger partial charge in [0, 0.05) is 32.5 Å². The molecule has 2 atom stereocenters. The van der Waals surface area contributed by atoms with Crippen LogP contribution < -0.4 is 4.74 Å². The quantitative estimate of drug-likeness (QED) is 0.575. The van der Waals surface area contributed by atoms with Gasteiger partial charge in [-0.3, -0.25) is 19.3 Å². The highest BCUT2D eigenvalue weighted by Gasteiger charge is 2.54. The normalized spacial score (nSPS) is 22.8. The minimum absolute atomic E-state index is 0.00696. The topological polar surface area (TPSA) is 87.2 Å². The molecule has 1 N–H and O–H groups in total. The molecule has 1 aromatic carbocycles. The molecule has 3 amide bonds. The van der Waals surface area contributed by atoms with E-state index in [9.17, 15) is 19.5 Å².